The standard InChI is InChI=1S/C21H20N4O/c22-14-21(12-13-21)16-6-8-17(9-7-16)24-20(26)25-18(10-11-19(25)23)15-4-2-1-3-5-15/h1-9,18,23H,10-13H2,(H,24,26). The number of amides is 2. The number of amidine groups is 1. The monoisotopic (exact) mass is 344 g/mol. The van der Waals surface area contributed by atoms with E-state index >= 15 is 0 Å². The summed E-state index contributed by atoms with van der Waals surface area (Å²) in [5.74, 6) is 0.342. The molecule has 5 heteroatoms. The largest absolute Gasteiger partial charge is 0.327 e. The molecule has 0 radical (unpaired) electrons. The van der Waals surface area contributed by atoms with E-state index in [1.807, 2.05) is 54.6 Å². The minimum absolute atomic E-state index is 0.101. The number of benzene rings is 2. The van der Waals surface area contributed by atoms with E-state index < -0.39 is 0 Å². The first-order valence-electron chi connectivity index (χ1n) is 8.87. The first-order chi connectivity index (χ1) is 12.6. The second kappa shape index (κ2) is 6.30. The lowest BCUT2D eigenvalue weighted by atomic mass is 9.98. The number of nitrogens with zero attached hydrogens (tertiary/aromatic N) is 2. The molecule has 26 heavy (non-hydrogen) atoms. The van der Waals surface area contributed by atoms with Crippen LogP contribution in [0.2, 0.25) is 0 Å². The lowest BCUT2D eigenvalue weighted by Crippen LogP contribution is -2.37. The molecule has 0 spiro atoms. The molecule has 1 aliphatic carbocycles. The Balaban J connectivity index is 1.50. The van der Waals surface area contributed by atoms with Gasteiger partial charge in [0, 0.05) is 12.1 Å². The molecule has 1 saturated carbocycles. The maximum absolute atomic E-state index is 12.8. The van der Waals surface area contributed by atoms with Crippen molar-refractivity contribution in [3.63, 3.8) is 0 Å². The summed E-state index contributed by atoms with van der Waals surface area (Å²) in [6.45, 7) is 0. The van der Waals surface area contributed by atoms with Gasteiger partial charge in [0.15, 0.2) is 0 Å². The van der Waals surface area contributed by atoms with E-state index in [-0.39, 0.29) is 17.5 Å². The number of nitriles is 1. The van der Waals surface area contributed by atoms with Crippen molar-refractivity contribution >= 4 is 17.6 Å². The fourth-order valence-corrected chi connectivity index (χ4v) is 3.61. The second-order valence-corrected chi connectivity index (χ2v) is 6.98. The summed E-state index contributed by atoms with van der Waals surface area (Å²) < 4.78 is 0. The summed E-state index contributed by atoms with van der Waals surface area (Å²) in [7, 11) is 0. The van der Waals surface area contributed by atoms with Crippen LogP contribution in [0.5, 0.6) is 0 Å². The molecule has 0 aromatic heterocycles. The normalized spacial score (nSPS) is 20.5. The van der Waals surface area contributed by atoms with Gasteiger partial charge in [0.1, 0.15) is 5.84 Å². The number of urea groups is 1. The molecule has 1 saturated heterocycles. The molecule has 130 valence electrons. The highest BCUT2D eigenvalue weighted by molar-refractivity contribution is 6.03. The fraction of sp³-hybridized carbons (Fsp3) is 0.286. The van der Waals surface area contributed by atoms with Crippen LogP contribution in [0, 0.1) is 16.7 Å². The van der Waals surface area contributed by atoms with Gasteiger partial charge in [-0.3, -0.25) is 10.3 Å². The van der Waals surface area contributed by atoms with Crippen LogP contribution in [0.4, 0.5) is 10.5 Å². The number of rotatable bonds is 3. The summed E-state index contributed by atoms with van der Waals surface area (Å²) >= 11 is 0. The van der Waals surface area contributed by atoms with Gasteiger partial charge in [0.2, 0.25) is 0 Å². The Morgan fingerprint density at radius 3 is 2.46 bits per heavy atom. The molecule has 2 aromatic carbocycles. The fourth-order valence-electron chi connectivity index (χ4n) is 3.61. The maximum Gasteiger partial charge on any atom is 0.327 e. The van der Waals surface area contributed by atoms with E-state index in [4.69, 9.17) is 5.41 Å². The maximum atomic E-state index is 12.8. The van der Waals surface area contributed by atoms with Gasteiger partial charge >= 0.3 is 6.03 Å². The predicted molar refractivity (Wildman–Crippen MR) is 100.0 cm³/mol. The van der Waals surface area contributed by atoms with Crippen molar-refractivity contribution in [1.82, 2.24) is 4.90 Å². The molecule has 2 amide bonds. The van der Waals surface area contributed by atoms with Gasteiger partial charge < -0.3 is 5.32 Å². The highest BCUT2D eigenvalue weighted by atomic mass is 16.2. The molecule has 0 bridgehead atoms. The average Bonchev–Trinajstić information content (AvgIpc) is 3.38. The molecule has 2 aromatic rings. The Bertz CT molecular complexity index is 878. The zero-order chi connectivity index (χ0) is 18.1. The van der Waals surface area contributed by atoms with E-state index in [0.717, 1.165) is 30.4 Å². The van der Waals surface area contributed by atoms with Crippen molar-refractivity contribution < 1.29 is 4.79 Å². The van der Waals surface area contributed by atoms with Gasteiger partial charge in [-0.15, -0.1) is 0 Å². The van der Waals surface area contributed by atoms with Crippen LogP contribution in [-0.4, -0.2) is 16.8 Å². The predicted octanol–water partition coefficient (Wildman–Crippen LogP) is 4.59. The summed E-state index contributed by atoms with van der Waals surface area (Å²) in [6.07, 6.45) is 3.16. The number of nitrogens with one attached hydrogen (secondary N) is 2. The zero-order valence-corrected chi connectivity index (χ0v) is 14.4. The summed E-state index contributed by atoms with van der Waals surface area (Å²) in [4.78, 5) is 14.3. The molecule has 2 N–H and O–H groups in total. The quantitative estimate of drug-likeness (QED) is 0.854. The van der Waals surface area contributed by atoms with Crippen LogP contribution in [0.1, 0.15) is 42.9 Å². The van der Waals surface area contributed by atoms with Crippen LogP contribution in [0.3, 0.4) is 0 Å². The van der Waals surface area contributed by atoms with E-state index in [2.05, 4.69) is 11.4 Å². The van der Waals surface area contributed by atoms with Crippen molar-refractivity contribution in [2.75, 3.05) is 5.32 Å². The Labute approximate surface area is 152 Å². The van der Waals surface area contributed by atoms with Crippen LogP contribution in [-0.2, 0) is 5.41 Å². The SMILES string of the molecule is N#CC1(c2ccc(NC(=O)N3C(=N)CCC3c3ccccc3)cc2)CC1. The van der Waals surface area contributed by atoms with Crippen LogP contribution in [0.25, 0.3) is 0 Å². The molecule has 5 nitrogen and oxygen atoms in total. The van der Waals surface area contributed by atoms with Gasteiger partial charge in [0.25, 0.3) is 0 Å². The third kappa shape index (κ3) is 2.84. The number of likely N-dealkylation sites (tertiary alicyclic amines) is 1. The number of hydrogen-bond acceptors (Lipinski definition) is 3. The van der Waals surface area contributed by atoms with Gasteiger partial charge in [-0.05, 0) is 42.5 Å². The van der Waals surface area contributed by atoms with Crippen LogP contribution < -0.4 is 5.32 Å². The average molecular weight is 344 g/mol. The number of hydrogen-bond donors (Lipinski definition) is 2. The number of carbonyl (C=O) groups excluding carboxylic acids is 1. The Morgan fingerprint density at radius 1 is 1.15 bits per heavy atom. The highest BCUT2D eigenvalue weighted by Gasteiger charge is 2.44. The van der Waals surface area contributed by atoms with Gasteiger partial charge in [-0.25, -0.2) is 4.79 Å². The molecule has 1 heterocycles. The van der Waals surface area contributed by atoms with E-state index in [1.54, 1.807) is 4.90 Å². The Kier molecular flexibility index (Phi) is 3.96. The molecule has 4 rings (SSSR count). The molecular formula is C21H20N4O. The molecular weight excluding hydrogens is 324 g/mol. The van der Waals surface area contributed by atoms with Crippen molar-refractivity contribution in [2.24, 2.45) is 0 Å². The molecule has 1 atom stereocenters. The third-order valence-corrected chi connectivity index (χ3v) is 5.31. The Morgan fingerprint density at radius 2 is 1.85 bits per heavy atom. The molecule has 2 aliphatic rings. The van der Waals surface area contributed by atoms with E-state index in [9.17, 15) is 10.1 Å². The van der Waals surface area contributed by atoms with E-state index in [0.29, 0.717) is 17.9 Å². The lowest BCUT2D eigenvalue weighted by molar-refractivity contribution is 0.225. The summed E-state index contributed by atoms with van der Waals surface area (Å²) in [5.41, 5.74) is 2.41. The molecule has 2 fully saturated rings. The first-order valence-corrected chi connectivity index (χ1v) is 8.87. The van der Waals surface area contributed by atoms with Gasteiger partial charge in [0.05, 0.1) is 17.5 Å². The van der Waals surface area contributed by atoms with Crippen molar-refractivity contribution in [1.29, 1.82) is 10.7 Å². The van der Waals surface area contributed by atoms with Gasteiger partial charge in [-0.1, -0.05) is 42.5 Å². The number of carbonyl (C=O) groups is 1. The zero-order valence-electron chi connectivity index (χ0n) is 14.4. The van der Waals surface area contributed by atoms with Crippen molar-refractivity contribution in [2.45, 2.75) is 37.1 Å². The first kappa shape index (κ1) is 16.3. The van der Waals surface area contributed by atoms with Gasteiger partial charge in [-0.2, -0.15) is 5.26 Å². The van der Waals surface area contributed by atoms with Crippen molar-refractivity contribution in [3.05, 3.63) is 65.7 Å². The Hall–Kier alpha value is -3.13. The third-order valence-electron chi connectivity index (χ3n) is 5.31. The lowest BCUT2D eigenvalue weighted by Gasteiger charge is -2.25. The summed E-state index contributed by atoms with van der Waals surface area (Å²) in [5, 5.41) is 20.3. The van der Waals surface area contributed by atoms with Crippen molar-refractivity contribution in [3.8, 4) is 6.07 Å². The molecule has 1 unspecified atom stereocenters. The van der Waals surface area contributed by atoms with Crippen LogP contribution in [0.15, 0.2) is 54.6 Å². The number of anilines is 1. The molecule has 1 aliphatic heterocycles. The van der Waals surface area contributed by atoms with E-state index in [1.165, 1.54) is 0 Å². The van der Waals surface area contributed by atoms with Crippen LogP contribution >= 0.6 is 0 Å². The highest BCUT2D eigenvalue weighted by Crippen LogP contribution is 2.47. The minimum atomic E-state index is -0.321. The second-order valence-electron chi connectivity index (χ2n) is 6.98. The minimum Gasteiger partial charge on any atom is -0.307 e. The topological polar surface area (TPSA) is 80.0 Å². The summed E-state index contributed by atoms with van der Waals surface area (Å²) in [6, 6.07) is 19.3. The smallest absolute Gasteiger partial charge is 0.307 e.